The zero-order valence-electron chi connectivity index (χ0n) is 17.7. The van der Waals surface area contributed by atoms with E-state index in [4.69, 9.17) is 0 Å². The smallest absolute Gasteiger partial charge is 0.162 e. The third-order valence-corrected chi connectivity index (χ3v) is 6.78. The summed E-state index contributed by atoms with van der Waals surface area (Å²) in [5.74, 6) is -0.0998. The van der Waals surface area contributed by atoms with Gasteiger partial charge in [0.05, 0.1) is 0 Å². The normalized spacial score (nSPS) is 23.4. The van der Waals surface area contributed by atoms with Crippen molar-refractivity contribution in [1.82, 2.24) is 0 Å². The fraction of sp³-hybridized carbons (Fsp3) is 0.615. The van der Waals surface area contributed by atoms with Crippen LogP contribution < -0.4 is 0 Å². The van der Waals surface area contributed by atoms with Gasteiger partial charge >= 0.3 is 0 Å². The molecule has 2 aliphatic rings. The number of benzene rings is 1. The Labute approximate surface area is 170 Å². The average Bonchev–Trinajstić information content (AvgIpc) is 2.72. The van der Waals surface area contributed by atoms with E-state index in [1.54, 1.807) is 0 Å². The SMILES string of the molecule is CCCCC[C@H]1CC[C@H](C2=C(F)C(F)=C(c3ccc(CCC)cc3)CC2)CC1. The Balaban J connectivity index is 1.66. The molecule has 0 aromatic heterocycles. The highest BCUT2D eigenvalue weighted by Gasteiger charge is 2.30. The first kappa shape index (κ1) is 21.3. The van der Waals surface area contributed by atoms with Crippen LogP contribution >= 0.6 is 0 Å². The summed E-state index contributed by atoms with van der Waals surface area (Å²) in [6, 6.07) is 8.02. The lowest BCUT2D eigenvalue weighted by molar-refractivity contribution is 0.274. The number of unbranched alkanes of at least 4 members (excludes halogenated alkanes) is 2. The summed E-state index contributed by atoms with van der Waals surface area (Å²) >= 11 is 0. The van der Waals surface area contributed by atoms with Crippen molar-refractivity contribution in [3.63, 3.8) is 0 Å². The van der Waals surface area contributed by atoms with Gasteiger partial charge in [-0.05, 0) is 79.1 Å². The number of halogens is 2. The van der Waals surface area contributed by atoms with Crippen molar-refractivity contribution in [3.05, 3.63) is 52.6 Å². The number of allylic oxidation sites excluding steroid dienone is 4. The molecule has 0 unspecified atom stereocenters. The Morgan fingerprint density at radius 2 is 1.54 bits per heavy atom. The van der Waals surface area contributed by atoms with Gasteiger partial charge in [-0.25, -0.2) is 8.78 Å². The average molecular weight is 387 g/mol. The number of hydrogen-bond donors (Lipinski definition) is 0. The molecule has 1 aromatic rings. The van der Waals surface area contributed by atoms with Gasteiger partial charge in [0.2, 0.25) is 0 Å². The highest BCUT2D eigenvalue weighted by molar-refractivity contribution is 5.72. The molecule has 1 saturated carbocycles. The van der Waals surface area contributed by atoms with Crippen molar-refractivity contribution in [2.75, 3.05) is 0 Å². The number of hydrogen-bond acceptors (Lipinski definition) is 0. The standard InChI is InChI=1S/C26H36F2/c1-3-5-6-8-20-11-15-22(16-12-20)24-18-17-23(25(27)26(24)28)21-13-9-19(7-4-2)10-14-21/h9-10,13-14,20,22H,3-8,11-12,15-18H2,1-2H3/t20-,22-. The molecular formula is C26H36F2. The molecule has 3 rings (SSSR count). The predicted molar refractivity (Wildman–Crippen MR) is 115 cm³/mol. The van der Waals surface area contributed by atoms with Gasteiger partial charge in [0.25, 0.3) is 0 Å². The van der Waals surface area contributed by atoms with E-state index in [2.05, 4.69) is 26.0 Å². The first-order chi connectivity index (χ1) is 13.6. The second-order valence-corrected chi connectivity index (χ2v) is 8.79. The molecule has 0 spiro atoms. The van der Waals surface area contributed by atoms with Crippen LogP contribution in [0.15, 0.2) is 41.5 Å². The van der Waals surface area contributed by atoms with E-state index in [1.165, 1.54) is 44.1 Å². The van der Waals surface area contributed by atoms with Gasteiger partial charge in [-0.15, -0.1) is 0 Å². The minimum Gasteiger partial charge on any atom is -0.204 e. The maximum atomic E-state index is 15.0. The molecule has 28 heavy (non-hydrogen) atoms. The zero-order valence-corrected chi connectivity index (χ0v) is 17.7. The van der Waals surface area contributed by atoms with Crippen LogP contribution in [0.4, 0.5) is 8.78 Å². The predicted octanol–water partition coefficient (Wildman–Crippen LogP) is 8.72. The molecule has 1 fully saturated rings. The Morgan fingerprint density at radius 3 is 2.18 bits per heavy atom. The molecule has 0 bridgehead atoms. The van der Waals surface area contributed by atoms with Crippen LogP contribution in [0.25, 0.3) is 5.57 Å². The van der Waals surface area contributed by atoms with Crippen molar-refractivity contribution in [2.45, 2.75) is 90.9 Å². The Hall–Kier alpha value is -1.44. The number of rotatable bonds is 8. The van der Waals surface area contributed by atoms with E-state index < -0.39 is 11.7 Å². The lowest BCUT2D eigenvalue weighted by Gasteiger charge is -2.32. The van der Waals surface area contributed by atoms with Crippen molar-refractivity contribution in [1.29, 1.82) is 0 Å². The molecule has 0 saturated heterocycles. The molecule has 0 N–H and O–H groups in total. The van der Waals surface area contributed by atoms with Gasteiger partial charge < -0.3 is 0 Å². The number of aryl methyl sites for hydroxylation is 1. The summed E-state index contributed by atoms with van der Waals surface area (Å²) in [7, 11) is 0. The van der Waals surface area contributed by atoms with Crippen LogP contribution in [-0.4, -0.2) is 0 Å². The largest absolute Gasteiger partial charge is 0.204 e. The van der Waals surface area contributed by atoms with E-state index in [-0.39, 0.29) is 5.92 Å². The van der Waals surface area contributed by atoms with Crippen molar-refractivity contribution in [2.24, 2.45) is 11.8 Å². The molecule has 154 valence electrons. The fourth-order valence-corrected chi connectivity index (χ4v) is 5.05. The maximum absolute atomic E-state index is 15.0. The second kappa shape index (κ2) is 10.4. The van der Waals surface area contributed by atoms with Crippen LogP contribution in [-0.2, 0) is 6.42 Å². The molecule has 0 aliphatic heterocycles. The Morgan fingerprint density at radius 1 is 0.821 bits per heavy atom. The Kier molecular flexibility index (Phi) is 7.88. The van der Waals surface area contributed by atoms with Gasteiger partial charge in [-0.3, -0.25) is 0 Å². The first-order valence-electron chi connectivity index (χ1n) is 11.5. The second-order valence-electron chi connectivity index (χ2n) is 8.79. The monoisotopic (exact) mass is 386 g/mol. The van der Waals surface area contributed by atoms with E-state index in [1.807, 2.05) is 12.1 Å². The van der Waals surface area contributed by atoms with Crippen LogP contribution in [0.3, 0.4) is 0 Å². The van der Waals surface area contributed by atoms with Gasteiger partial charge in [0, 0.05) is 0 Å². The van der Waals surface area contributed by atoms with Crippen molar-refractivity contribution < 1.29 is 8.78 Å². The quantitative estimate of drug-likeness (QED) is 0.392. The van der Waals surface area contributed by atoms with E-state index in [0.717, 1.165) is 42.7 Å². The summed E-state index contributed by atoms with van der Waals surface area (Å²) in [6.07, 6.45) is 13.1. The third kappa shape index (κ3) is 5.13. The van der Waals surface area contributed by atoms with Crippen LogP contribution in [0.5, 0.6) is 0 Å². The van der Waals surface area contributed by atoms with E-state index in [0.29, 0.717) is 18.4 Å². The van der Waals surface area contributed by atoms with Crippen LogP contribution in [0.1, 0.15) is 95.6 Å². The summed E-state index contributed by atoms with van der Waals surface area (Å²) in [5, 5.41) is 0. The molecule has 0 radical (unpaired) electrons. The maximum Gasteiger partial charge on any atom is 0.162 e. The summed E-state index contributed by atoms with van der Waals surface area (Å²) in [4.78, 5) is 0. The molecule has 2 aliphatic carbocycles. The fourth-order valence-electron chi connectivity index (χ4n) is 5.05. The minimum absolute atomic E-state index is 0.252. The van der Waals surface area contributed by atoms with Gasteiger partial charge in [-0.1, -0.05) is 70.2 Å². The summed E-state index contributed by atoms with van der Waals surface area (Å²) < 4.78 is 29.9. The van der Waals surface area contributed by atoms with Crippen LogP contribution in [0.2, 0.25) is 0 Å². The van der Waals surface area contributed by atoms with Gasteiger partial charge in [0.15, 0.2) is 11.7 Å². The Bertz CT molecular complexity index is 688. The molecule has 0 atom stereocenters. The first-order valence-corrected chi connectivity index (χ1v) is 11.5. The highest BCUT2D eigenvalue weighted by atomic mass is 19.2. The topological polar surface area (TPSA) is 0 Å². The van der Waals surface area contributed by atoms with Crippen molar-refractivity contribution in [3.8, 4) is 0 Å². The lowest BCUT2D eigenvalue weighted by atomic mass is 9.74. The molecule has 0 amide bonds. The minimum atomic E-state index is -0.602. The lowest BCUT2D eigenvalue weighted by Crippen LogP contribution is -2.18. The summed E-state index contributed by atoms with van der Waals surface area (Å²) in [5.41, 5.74) is 3.41. The van der Waals surface area contributed by atoms with E-state index >= 15 is 0 Å². The molecule has 2 heteroatoms. The molecule has 0 nitrogen and oxygen atoms in total. The molecular weight excluding hydrogens is 350 g/mol. The van der Waals surface area contributed by atoms with Crippen molar-refractivity contribution >= 4 is 5.57 Å². The van der Waals surface area contributed by atoms with Gasteiger partial charge in [0.1, 0.15) is 0 Å². The third-order valence-electron chi connectivity index (χ3n) is 6.78. The van der Waals surface area contributed by atoms with E-state index in [9.17, 15) is 8.78 Å². The molecule has 1 aromatic carbocycles. The summed E-state index contributed by atoms with van der Waals surface area (Å²) in [6.45, 7) is 4.39. The van der Waals surface area contributed by atoms with Gasteiger partial charge in [-0.2, -0.15) is 0 Å². The molecule has 0 heterocycles. The highest BCUT2D eigenvalue weighted by Crippen LogP contribution is 2.45. The van der Waals surface area contributed by atoms with Crippen LogP contribution in [0, 0.1) is 11.8 Å². The zero-order chi connectivity index (χ0) is 19.9.